The minimum Gasteiger partial charge on any atom is -0.398 e. The Kier molecular flexibility index (Phi) is 3.87. The molecule has 0 aliphatic heterocycles. The molecular formula is C13H12ClFN2O2S. The van der Waals surface area contributed by atoms with Gasteiger partial charge in [0.05, 0.1) is 16.4 Å². The van der Waals surface area contributed by atoms with Gasteiger partial charge in [-0.1, -0.05) is 23.7 Å². The van der Waals surface area contributed by atoms with Crippen molar-refractivity contribution in [2.24, 2.45) is 0 Å². The Morgan fingerprint density at radius 3 is 2.55 bits per heavy atom. The molecule has 0 aliphatic rings. The summed E-state index contributed by atoms with van der Waals surface area (Å²) in [6.07, 6.45) is 0. The molecule has 0 bridgehead atoms. The average Bonchev–Trinajstić information content (AvgIpc) is 2.32. The fourth-order valence-corrected chi connectivity index (χ4v) is 3.52. The Balaban J connectivity index is 2.46. The molecule has 4 nitrogen and oxygen atoms in total. The third kappa shape index (κ3) is 2.86. The first-order chi connectivity index (χ1) is 9.31. The molecule has 0 fully saturated rings. The number of benzene rings is 2. The predicted molar refractivity (Wildman–Crippen MR) is 77.8 cm³/mol. The van der Waals surface area contributed by atoms with E-state index in [4.69, 9.17) is 17.3 Å². The second-order valence-electron chi connectivity index (χ2n) is 4.22. The van der Waals surface area contributed by atoms with Gasteiger partial charge in [-0.05, 0) is 36.8 Å². The summed E-state index contributed by atoms with van der Waals surface area (Å²) >= 11 is 5.80. The molecular weight excluding hydrogens is 303 g/mol. The molecule has 0 heterocycles. The van der Waals surface area contributed by atoms with Gasteiger partial charge in [-0.25, -0.2) is 12.8 Å². The first kappa shape index (κ1) is 14.6. The highest BCUT2D eigenvalue weighted by Gasteiger charge is 2.21. The van der Waals surface area contributed by atoms with Crippen molar-refractivity contribution in [3.8, 4) is 0 Å². The molecule has 2 aromatic rings. The summed E-state index contributed by atoms with van der Waals surface area (Å²) in [6, 6.07) is 8.19. The molecule has 106 valence electrons. The van der Waals surface area contributed by atoms with E-state index in [0.717, 1.165) is 12.1 Å². The highest BCUT2D eigenvalue weighted by atomic mass is 35.5. The number of nitrogen functional groups attached to an aromatic ring is 1. The summed E-state index contributed by atoms with van der Waals surface area (Å²) in [5.41, 5.74) is 6.45. The lowest BCUT2D eigenvalue weighted by Gasteiger charge is -2.13. The fraction of sp³-hybridized carbons (Fsp3) is 0.0769. The number of aryl methyl sites for hydroxylation is 1. The van der Waals surface area contributed by atoms with Gasteiger partial charge in [-0.2, -0.15) is 0 Å². The van der Waals surface area contributed by atoms with Gasteiger partial charge in [0.1, 0.15) is 10.7 Å². The molecule has 0 aromatic heterocycles. The zero-order valence-corrected chi connectivity index (χ0v) is 12.1. The maximum atomic E-state index is 12.9. The third-order valence-corrected chi connectivity index (χ3v) is 4.58. The smallest absolute Gasteiger partial charge is 0.264 e. The van der Waals surface area contributed by atoms with E-state index in [2.05, 4.69) is 4.72 Å². The topological polar surface area (TPSA) is 72.2 Å². The van der Waals surface area contributed by atoms with Crippen LogP contribution in [0.15, 0.2) is 41.3 Å². The summed E-state index contributed by atoms with van der Waals surface area (Å²) in [5.74, 6) is -0.548. The lowest BCUT2D eigenvalue weighted by molar-refractivity contribution is 0.601. The van der Waals surface area contributed by atoms with Crippen LogP contribution in [0.2, 0.25) is 5.02 Å². The van der Waals surface area contributed by atoms with Gasteiger partial charge < -0.3 is 5.73 Å². The monoisotopic (exact) mass is 314 g/mol. The van der Waals surface area contributed by atoms with Crippen molar-refractivity contribution in [2.45, 2.75) is 11.8 Å². The minimum absolute atomic E-state index is 0.0135. The Morgan fingerprint density at radius 1 is 1.25 bits per heavy atom. The Bertz CT molecular complexity index is 743. The van der Waals surface area contributed by atoms with Crippen LogP contribution in [0.5, 0.6) is 0 Å². The van der Waals surface area contributed by atoms with E-state index in [1.807, 2.05) is 0 Å². The van der Waals surface area contributed by atoms with Crippen LogP contribution in [-0.2, 0) is 10.0 Å². The van der Waals surface area contributed by atoms with E-state index >= 15 is 0 Å². The molecule has 2 aromatic carbocycles. The standard InChI is InChI=1S/C13H12ClFN2O2S/c1-8-3-2-4-11(16)13(8)20(18,19)17-12-6-5-9(15)7-10(12)14/h2-7,17H,16H2,1H3. The summed E-state index contributed by atoms with van der Waals surface area (Å²) < 4.78 is 39.9. The van der Waals surface area contributed by atoms with E-state index in [0.29, 0.717) is 5.56 Å². The molecule has 0 amide bonds. The largest absolute Gasteiger partial charge is 0.398 e. The number of rotatable bonds is 3. The van der Waals surface area contributed by atoms with Crippen LogP contribution in [0.25, 0.3) is 0 Å². The van der Waals surface area contributed by atoms with Crippen molar-refractivity contribution in [1.82, 2.24) is 0 Å². The quantitative estimate of drug-likeness (QED) is 0.855. The van der Waals surface area contributed by atoms with Gasteiger partial charge in [0.2, 0.25) is 0 Å². The van der Waals surface area contributed by atoms with E-state index < -0.39 is 15.8 Å². The second kappa shape index (κ2) is 5.30. The Hall–Kier alpha value is -1.79. The molecule has 2 rings (SSSR count). The van der Waals surface area contributed by atoms with E-state index in [1.54, 1.807) is 19.1 Å². The zero-order valence-electron chi connectivity index (χ0n) is 10.5. The van der Waals surface area contributed by atoms with Crippen molar-refractivity contribution < 1.29 is 12.8 Å². The molecule has 0 unspecified atom stereocenters. The number of halogens is 2. The van der Waals surface area contributed by atoms with Crippen LogP contribution in [0.4, 0.5) is 15.8 Å². The van der Waals surface area contributed by atoms with Crippen LogP contribution in [0, 0.1) is 12.7 Å². The van der Waals surface area contributed by atoms with E-state index in [-0.39, 0.29) is 21.3 Å². The highest BCUT2D eigenvalue weighted by Crippen LogP contribution is 2.28. The molecule has 7 heteroatoms. The maximum Gasteiger partial charge on any atom is 0.264 e. The van der Waals surface area contributed by atoms with Crippen LogP contribution < -0.4 is 10.5 Å². The summed E-state index contributed by atoms with van der Waals surface area (Å²) in [4.78, 5) is -0.0135. The van der Waals surface area contributed by atoms with Crippen molar-refractivity contribution in [2.75, 3.05) is 10.5 Å². The molecule has 3 N–H and O–H groups in total. The number of nitrogens with two attached hydrogens (primary N) is 1. The summed E-state index contributed by atoms with van der Waals surface area (Å²) in [6.45, 7) is 1.64. The molecule has 0 saturated heterocycles. The number of anilines is 2. The van der Waals surface area contributed by atoms with Gasteiger partial charge in [-0.15, -0.1) is 0 Å². The van der Waals surface area contributed by atoms with Crippen LogP contribution in [0.3, 0.4) is 0 Å². The van der Waals surface area contributed by atoms with Gasteiger partial charge in [-0.3, -0.25) is 4.72 Å². The Labute approximate surface area is 121 Å². The first-order valence-corrected chi connectivity index (χ1v) is 7.50. The lowest BCUT2D eigenvalue weighted by atomic mass is 10.2. The average molecular weight is 315 g/mol. The fourth-order valence-electron chi connectivity index (χ4n) is 1.81. The second-order valence-corrected chi connectivity index (χ2v) is 6.25. The lowest BCUT2D eigenvalue weighted by Crippen LogP contribution is -2.16. The molecule has 0 saturated carbocycles. The number of hydrogen-bond donors (Lipinski definition) is 2. The van der Waals surface area contributed by atoms with Crippen molar-refractivity contribution >= 4 is 33.0 Å². The molecule has 0 atom stereocenters. The maximum absolute atomic E-state index is 12.9. The van der Waals surface area contributed by atoms with E-state index in [9.17, 15) is 12.8 Å². The minimum atomic E-state index is -3.89. The third-order valence-electron chi connectivity index (χ3n) is 2.69. The van der Waals surface area contributed by atoms with Crippen molar-refractivity contribution in [1.29, 1.82) is 0 Å². The molecule has 0 spiro atoms. The highest BCUT2D eigenvalue weighted by molar-refractivity contribution is 7.93. The van der Waals surface area contributed by atoms with Gasteiger partial charge in [0.15, 0.2) is 0 Å². The van der Waals surface area contributed by atoms with Crippen molar-refractivity contribution in [3.05, 3.63) is 52.8 Å². The summed E-state index contributed by atoms with van der Waals surface area (Å²) in [5, 5.41) is -0.0271. The van der Waals surface area contributed by atoms with Crippen LogP contribution in [0.1, 0.15) is 5.56 Å². The van der Waals surface area contributed by atoms with Crippen LogP contribution in [-0.4, -0.2) is 8.42 Å². The van der Waals surface area contributed by atoms with Crippen LogP contribution >= 0.6 is 11.6 Å². The number of sulfonamides is 1. The van der Waals surface area contributed by atoms with Gasteiger partial charge >= 0.3 is 0 Å². The normalized spacial score (nSPS) is 11.3. The van der Waals surface area contributed by atoms with Gasteiger partial charge in [0, 0.05) is 0 Å². The number of nitrogens with one attached hydrogen (secondary N) is 1. The van der Waals surface area contributed by atoms with E-state index in [1.165, 1.54) is 12.1 Å². The molecule has 0 radical (unpaired) electrons. The predicted octanol–water partition coefficient (Wildman–Crippen LogP) is 3.17. The van der Waals surface area contributed by atoms with Crippen molar-refractivity contribution in [3.63, 3.8) is 0 Å². The molecule has 20 heavy (non-hydrogen) atoms. The Morgan fingerprint density at radius 2 is 1.95 bits per heavy atom. The SMILES string of the molecule is Cc1cccc(N)c1S(=O)(=O)Nc1ccc(F)cc1Cl. The van der Waals surface area contributed by atoms with Gasteiger partial charge in [0.25, 0.3) is 10.0 Å². The first-order valence-electron chi connectivity index (χ1n) is 5.64. The molecule has 0 aliphatic carbocycles. The zero-order chi connectivity index (χ0) is 14.9. The number of hydrogen-bond acceptors (Lipinski definition) is 3. The summed E-state index contributed by atoms with van der Waals surface area (Å²) in [7, 11) is -3.89.